The normalized spacial score (nSPS) is 13.7. The third-order valence-corrected chi connectivity index (χ3v) is 4.55. The molecule has 0 aliphatic carbocycles. The Kier molecular flexibility index (Phi) is 5.51. The maximum Gasteiger partial charge on any atom is 0.233 e. The summed E-state index contributed by atoms with van der Waals surface area (Å²) in [5.41, 5.74) is 2.42. The van der Waals surface area contributed by atoms with Gasteiger partial charge in [-0.3, -0.25) is 4.79 Å². The van der Waals surface area contributed by atoms with Gasteiger partial charge < -0.3 is 10.4 Å². The van der Waals surface area contributed by atoms with E-state index < -0.39 is 6.10 Å². The van der Waals surface area contributed by atoms with Crippen molar-refractivity contribution in [3.63, 3.8) is 0 Å². The Bertz CT molecular complexity index is 534. The van der Waals surface area contributed by atoms with Crippen LogP contribution in [0.25, 0.3) is 0 Å². The molecule has 7 heteroatoms. The highest BCUT2D eigenvalue weighted by Crippen LogP contribution is 2.24. The van der Waals surface area contributed by atoms with Crippen LogP contribution in [0.1, 0.15) is 18.6 Å². The van der Waals surface area contributed by atoms with Crippen LogP contribution < -0.4 is 5.32 Å². The Hall–Kier alpha value is -1.44. The molecule has 0 fully saturated rings. The van der Waals surface area contributed by atoms with Crippen molar-refractivity contribution in [3.05, 3.63) is 41.4 Å². The van der Waals surface area contributed by atoms with Gasteiger partial charge in [-0.2, -0.15) is 0 Å². The van der Waals surface area contributed by atoms with Crippen molar-refractivity contribution >= 4 is 29.0 Å². The smallest absolute Gasteiger partial charge is 0.233 e. The molecule has 20 heavy (non-hydrogen) atoms. The third kappa shape index (κ3) is 4.29. The molecule has 0 bridgehead atoms. The molecule has 0 spiro atoms. The summed E-state index contributed by atoms with van der Waals surface area (Å²) in [5, 5.41) is 20.0. The van der Waals surface area contributed by atoms with Gasteiger partial charge in [0.2, 0.25) is 5.91 Å². The molecule has 1 heterocycles. The lowest BCUT2D eigenvalue weighted by Crippen LogP contribution is -2.34. The van der Waals surface area contributed by atoms with Crippen LogP contribution in [-0.2, 0) is 4.79 Å². The first-order valence-electron chi connectivity index (χ1n) is 6.10. The van der Waals surface area contributed by atoms with Crippen LogP contribution in [0.15, 0.2) is 40.2 Å². The highest BCUT2D eigenvalue weighted by atomic mass is 32.2. The first-order valence-corrected chi connectivity index (χ1v) is 7.86. The first-order chi connectivity index (χ1) is 9.66. The molecule has 1 amide bonds. The van der Waals surface area contributed by atoms with Crippen molar-refractivity contribution in [2.45, 2.75) is 22.6 Å². The largest absolute Gasteiger partial charge is 0.387 e. The molecule has 0 aliphatic rings. The van der Waals surface area contributed by atoms with Gasteiger partial charge in [0.25, 0.3) is 0 Å². The number of benzene rings is 1. The van der Waals surface area contributed by atoms with Crippen LogP contribution in [0.4, 0.5) is 0 Å². The Morgan fingerprint density at radius 2 is 2.20 bits per heavy atom. The summed E-state index contributed by atoms with van der Waals surface area (Å²) in [7, 11) is 0. The summed E-state index contributed by atoms with van der Waals surface area (Å²) >= 11 is 2.76. The van der Waals surface area contributed by atoms with Crippen molar-refractivity contribution < 1.29 is 9.90 Å². The molecule has 106 valence electrons. The lowest BCUT2D eigenvalue weighted by Gasteiger charge is -2.14. The number of nitrogens with zero attached hydrogens (tertiary/aromatic N) is 2. The molecule has 2 aromatic rings. The fourth-order valence-corrected chi connectivity index (χ4v) is 3.20. The molecule has 2 unspecified atom stereocenters. The number of hydrogen-bond donors (Lipinski definition) is 2. The molecule has 0 radical (unpaired) electrons. The van der Waals surface area contributed by atoms with E-state index in [1.54, 1.807) is 12.4 Å². The van der Waals surface area contributed by atoms with Crippen molar-refractivity contribution in [2.75, 3.05) is 6.54 Å². The summed E-state index contributed by atoms with van der Waals surface area (Å²) in [5.74, 6) is -0.125. The highest BCUT2D eigenvalue weighted by Gasteiger charge is 2.17. The van der Waals surface area contributed by atoms with Crippen LogP contribution in [0.5, 0.6) is 0 Å². The van der Waals surface area contributed by atoms with Crippen LogP contribution in [-0.4, -0.2) is 33.0 Å². The number of aromatic nitrogens is 2. The number of carbonyl (C=O) groups excluding carboxylic acids is 1. The number of rotatable bonds is 6. The van der Waals surface area contributed by atoms with E-state index in [9.17, 15) is 9.90 Å². The minimum atomic E-state index is -0.695. The second-order valence-corrected chi connectivity index (χ2v) is 6.56. The fourth-order valence-electron chi connectivity index (χ4n) is 1.55. The zero-order valence-electron chi connectivity index (χ0n) is 10.9. The summed E-state index contributed by atoms with van der Waals surface area (Å²) < 4.78 is 0.760. The molecule has 2 rings (SSSR count). The number of aliphatic hydroxyl groups excluding tert-OH is 1. The lowest BCUT2D eigenvalue weighted by molar-refractivity contribution is -0.120. The molecule has 1 aromatic carbocycles. The van der Waals surface area contributed by atoms with Gasteiger partial charge in [0.1, 0.15) is 5.51 Å². The number of nitrogens with one attached hydrogen (secondary N) is 1. The van der Waals surface area contributed by atoms with Crippen LogP contribution in [0.3, 0.4) is 0 Å². The number of amides is 1. The zero-order valence-corrected chi connectivity index (χ0v) is 12.5. The van der Waals surface area contributed by atoms with Gasteiger partial charge >= 0.3 is 0 Å². The van der Waals surface area contributed by atoms with E-state index >= 15 is 0 Å². The average Bonchev–Trinajstić information content (AvgIpc) is 2.98. The van der Waals surface area contributed by atoms with Crippen LogP contribution in [0, 0.1) is 0 Å². The van der Waals surface area contributed by atoms with Crippen LogP contribution >= 0.6 is 23.1 Å². The summed E-state index contributed by atoms with van der Waals surface area (Å²) in [6.07, 6.45) is -0.695. The van der Waals surface area contributed by atoms with Crippen molar-refractivity contribution in [1.29, 1.82) is 0 Å². The monoisotopic (exact) mass is 309 g/mol. The second-order valence-electron chi connectivity index (χ2n) is 4.14. The first kappa shape index (κ1) is 15.0. The van der Waals surface area contributed by atoms with E-state index in [0.29, 0.717) is 0 Å². The van der Waals surface area contributed by atoms with Gasteiger partial charge in [-0.25, -0.2) is 0 Å². The minimum Gasteiger partial charge on any atom is -0.387 e. The van der Waals surface area contributed by atoms with E-state index in [4.69, 9.17) is 0 Å². The molecular weight excluding hydrogens is 294 g/mol. The topological polar surface area (TPSA) is 75.1 Å². The number of hydrogen-bond acceptors (Lipinski definition) is 6. The SMILES string of the molecule is CC(Sc1nncs1)C(=O)NCC(O)c1ccccc1. The van der Waals surface area contributed by atoms with Gasteiger partial charge in [0.05, 0.1) is 11.4 Å². The summed E-state index contributed by atoms with van der Waals surface area (Å²) in [6, 6.07) is 9.25. The molecule has 0 saturated carbocycles. The number of aliphatic hydroxyl groups is 1. The number of carbonyl (C=O) groups is 1. The molecule has 0 saturated heterocycles. The Morgan fingerprint density at radius 1 is 1.45 bits per heavy atom. The maximum atomic E-state index is 11.9. The summed E-state index contributed by atoms with van der Waals surface area (Å²) in [6.45, 7) is 2.00. The fraction of sp³-hybridized carbons (Fsp3) is 0.308. The Morgan fingerprint density at radius 3 is 2.85 bits per heavy atom. The van der Waals surface area contributed by atoms with Gasteiger partial charge in [-0.05, 0) is 12.5 Å². The van der Waals surface area contributed by atoms with Gasteiger partial charge in [0.15, 0.2) is 4.34 Å². The Balaban J connectivity index is 1.80. The molecule has 1 aromatic heterocycles. The van der Waals surface area contributed by atoms with E-state index in [1.165, 1.54) is 23.1 Å². The second kappa shape index (κ2) is 7.37. The van der Waals surface area contributed by atoms with E-state index in [-0.39, 0.29) is 17.7 Å². The zero-order chi connectivity index (χ0) is 14.4. The minimum absolute atomic E-state index is 0.125. The lowest BCUT2D eigenvalue weighted by atomic mass is 10.1. The van der Waals surface area contributed by atoms with E-state index in [0.717, 1.165) is 9.90 Å². The predicted molar refractivity (Wildman–Crippen MR) is 79.6 cm³/mol. The maximum absolute atomic E-state index is 11.9. The van der Waals surface area contributed by atoms with Crippen molar-refractivity contribution in [2.24, 2.45) is 0 Å². The third-order valence-electron chi connectivity index (χ3n) is 2.64. The quantitative estimate of drug-likeness (QED) is 0.797. The average molecular weight is 309 g/mol. The van der Waals surface area contributed by atoms with Gasteiger partial charge in [-0.1, -0.05) is 53.4 Å². The summed E-state index contributed by atoms with van der Waals surface area (Å²) in [4.78, 5) is 11.9. The standard InChI is InChI=1S/C13H15N3O2S2/c1-9(20-13-16-15-8-19-13)12(18)14-7-11(17)10-5-3-2-4-6-10/h2-6,8-9,11,17H,7H2,1H3,(H,14,18). The van der Waals surface area contributed by atoms with E-state index in [1.807, 2.05) is 30.3 Å². The van der Waals surface area contributed by atoms with Gasteiger partial charge in [0, 0.05) is 6.54 Å². The number of thioether (sulfide) groups is 1. The van der Waals surface area contributed by atoms with Crippen molar-refractivity contribution in [1.82, 2.24) is 15.5 Å². The highest BCUT2D eigenvalue weighted by molar-refractivity contribution is 8.02. The van der Waals surface area contributed by atoms with Crippen LogP contribution in [0.2, 0.25) is 0 Å². The molecule has 0 aliphatic heterocycles. The molecular formula is C13H15N3O2S2. The molecule has 2 N–H and O–H groups in total. The molecule has 2 atom stereocenters. The predicted octanol–water partition coefficient (Wildman–Crippen LogP) is 1.87. The van der Waals surface area contributed by atoms with E-state index in [2.05, 4.69) is 15.5 Å². The molecule has 5 nitrogen and oxygen atoms in total. The van der Waals surface area contributed by atoms with Crippen molar-refractivity contribution in [3.8, 4) is 0 Å². The Labute approximate surface area is 125 Å². The van der Waals surface area contributed by atoms with Gasteiger partial charge in [-0.15, -0.1) is 10.2 Å².